The molecule has 6 aromatic rings. The number of hydrogen-bond acceptors (Lipinski definition) is 11. The number of esters is 2. The summed E-state index contributed by atoms with van der Waals surface area (Å²) in [4.78, 5) is 61.7. The van der Waals surface area contributed by atoms with Gasteiger partial charge in [0.05, 0.1) is 4.92 Å². The first kappa shape index (κ1) is 49.9. The van der Waals surface area contributed by atoms with E-state index in [-0.39, 0.29) is 43.6 Å². The van der Waals surface area contributed by atoms with Crippen molar-refractivity contribution in [3.63, 3.8) is 0 Å². The number of benzene rings is 6. The molecule has 0 aromatic heterocycles. The number of alkyl carbamates (subject to hydrolysis) is 2. The van der Waals surface area contributed by atoms with Crippen LogP contribution in [0, 0.1) is 10.1 Å². The van der Waals surface area contributed by atoms with Gasteiger partial charge in [-0.1, -0.05) is 121 Å². The molecule has 2 amide bonds. The Labute approximate surface area is 407 Å². The Morgan fingerprint density at radius 3 is 1.16 bits per heavy atom. The number of ether oxygens (including phenoxy) is 4. The van der Waals surface area contributed by atoms with Crippen LogP contribution in [-0.2, 0) is 41.4 Å². The van der Waals surface area contributed by atoms with Crippen LogP contribution < -0.4 is 16.4 Å². The molecule has 14 nitrogen and oxygen atoms in total. The summed E-state index contributed by atoms with van der Waals surface area (Å²) >= 11 is 0. The lowest BCUT2D eigenvalue weighted by Crippen LogP contribution is -2.46. The van der Waals surface area contributed by atoms with Gasteiger partial charge in [-0.2, -0.15) is 0 Å². The summed E-state index contributed by atoms with van der Waals surface area (Å²) in [6.45, 7) is 10.9. The van der Waals surface area contributed by atoms with Gasteiger partial charge in [-0.25, -0.2) is 19.2 Å². The molecule has 70 heavy (non-hydrogen) atoms. The van der Waals surface area contributed by atoms with E-state index in [4.69, 9.17) is 24.7 Å². The first-order valence-electron chi connectivity index (χ1n) is 23.1. The lowest BCUT2D eigenvalue weighted by molar-refractivity contribution is -0.384. The molecule has 14 heteroatoms. The van der Waals surface area contributed by atoms with Crippen molar-refractivity contribution in [1.29, 1.82) is 0 Å². The lowest BCUT2D eigenvalue weighted by Gasteiger charge is -2.25. The van der Waals surface area contributed by atoms with Gasteiger partial charge in [0.1, 0.15) is 36.5 Å². The number of nitro groups is 1. The number of nitrogen functional groups attached to an aromatic ring is 1. The van der Waals surface area contributed by atoms with Crippen LogP contribution in [0.2, 0.25) is 0 Å². The van der Waals surface area contributed by atoms with Crippen molar-refractivity contribution in [2.75, 3.05) is 18.9 Å². The molecule has 2 aliphatic rings. The molecule has 0 unspecified atom stereocenters. The van der Waals surface area contributed by atoms with Crippen LogP contribution in [0.3, 0.4) is 0 Å². The van der Waals surface area contributed by atoms with E-state index in [0.717, 1.165) is 50.1 Å². The molecule has 0 fully saturated rings. The number of nitro benzene ring substituents is 1. The Hall–Kier alpha value is -8.00. The molecule has 362 valence electrons. The third-order valence-corrected chi connectivity index (χ3v) is 11.7. The highest BCUT2D eigenvalue weighted by Gasteiger charge is 2.33. The van der Waals surface area contributed by atoms with Crippen LogP contribution in [0.25, 0.3) is 22.3 Å². The molecule has 4 N–H and O–H groups in total. The molecule has 0 radical (unpaired) electrons. The zero-order valence-corrected chi connectivity index (χ0v) is 40.1. The summed E-state index contributed by atoms with van der Waals surface area (Å²) in [5.41, 5.74) is 15.4. The van der Waals surface area contributed by atoms with Gasteiger partial charge in [-0.3, -0.25) is 10.1 Å². The van der Waals surface area contributed by atoms with Crippen LogP contribution in [0.5, 0.6) is 0 Å². The van der Waals surface area contributed by atoms with Crippen molar-refractivity contribution in [3.8, 4) is 22.3 Å². The van der Waals surface area contributed by atoms with Gasteiger partial charge >= 0.3 is 24.1 Å². The number of rotatable bonds is 13. The molecule has 0 saturated heterocycles. The number of anilines is 1. The van der Waals surface area contributed by atoms with Crippen molar-refractivity contribution >= 4 is 35.5 Å². The van der Waals surface area contributed by atoms with E-state index in [1.54, 1.807) is 65.8 Å². The predicted octanol–water partition coefficient (Wildman–Crippen LogP) is 10.4. The van der Waals surface area contributed by atoms with Crippen molar-refractivity contribution in [2.24, 2.45) is 0 Å². The Bertz CT molecular complexity index is 2760. The van der Waals surface area contributed by atoms with E-state index in [0.29, 0.717) is 11.3 Å². The summed E-state index contributed by atoms with van der Waals surface area (Å²) in [6, 6.07) is 43.4. The second-order valence-electron chi connectivity index (χ2n) is 19.2. The predicted molar refractivity (Wildman–Crippen MR) is 267 cm³/mol. The SMILES string of the molecule is CC(C)(C)OC(=O)[C@H](Cc1ccc(N)cc1)NC(=O)OCC1c2ccccc2-c2ccccc21.CC(C)(C)OC(=O)[C@H](Cc1ccc([N+](=O)[O-])cc1)NC(=O)OCC1c2ccccc2-c2ccccc21. The summed E-state index contributed by atoms with van der Waals surface area (Å²) in [5.74, 6) is -1.31. The molecule has 6 aromatic carbocycles. The molecule has 0 bridgehead atoms. The Morgan fingerprint density at radius 2 is 0.843 bits per heavy atom. The zero-order chi connectivity index (χ0) is 50.2. The van der Waals surface area contributed by atoms with Crippen molar-refractivity contribution in [3.05, 3.63) is 189 Å². The van der Waals surface area contributed by atoms with Crippen LogP contribution in [0.1, 0.15) is 86.8 Å². The summed E-state index contributed by atoms with van der Waals surface area (Å²) in [5, 5.41) is 16.3. The molecule has 0 heterocycles. The second-order valence-corrected chi connectivity index (χ2v) is 19.2. The molecule has 2 atom stereocenters. The Morgan fingerprint density at radius 1 is 0.529 bits per heavy atom. The first-order chi connectivity index (χ1) is 33.3. The fourth-order valence-electron chi connectivity index (χ4n) is 8.58. The molecule has 0 aliphatic heterocycles. The average molecular weight is 947 g/mol. The number of nitrogens with two attached hydrogens (primary N) is 1. The summed E-state index contributed by atoms with van der Waals surface area (Å²) in [7, 11) is 0. The van der Waals surface area contributed by atoms with E-state index in [1.807, 2.05) is 72.8 Å². The van der Waals surface area contributed by atoms with Gasteiger partial charge in [0, 0.05) is 42.5 Å². The van der Waals surface area contributed by atoms with Gasteiger partial charge in [-0.15, -0.1) is 0 Å². The molecule has 2 aliphatic carbocycles. The van der Waals surface area contributed by atoms with Gasteiger partial charge < -0.3 is 35.3 Å². The average Bonchev–Trinajstić information content (AvgIpc) is 3.82. The maximum absolute atomic E-state index is 12.9. The number of fused-ring (bicyclic) bond motifs is 6. The highest BCUT2D eigenvalue weighted by molar-refractivity contribution is 5.84. The lowest BCUT2D eigenvalue weighted by atomic mass is 9.98. The fraction of sp³-hybridized carbons (Fsp3) is 0.286. The van der Waals surface area contributed by atoms with Crippen LogP contribution in [0.15, 0.2) is 146 Å². The molecule has 0 spiro atoms. The second kappa shape index (κ2) is 21.5. The van der Waals surface area contributed by atoms with E-state index in [9.17, 15) is 29.3 Å². The monoisotopic (exact) mass is 946 g/mol. The normalized spacial score (nSPS) is 13.4. The number of nitrogens with one attached hydrogen (secondary N) is 2. The van der Waals surface area contributed by atoms with E-state index >= 15 is 0 Å². The van der Waals surface area contributed by atoms with Crippen LogP contribution in [-0.4, -0.2) is 65.5 Å². The topological polar surface area (TPSA) is 198 Å². The fourth-order valence-corrected chi connectivity index (χ4v) is 8.58. The van der Waals surface area contributed by atoms with Gasteiger partial charge in [-0.05, 0) is 109 Å². The minimum absolute atomic E-state index is 0.0583. The molecular formula is C56H58N4O10. The molecule has 8 rings (SSSR count). The van der Waals surface area contributed by atoms with E-state index < -0.39 is 52.3 Å². The zero-order valence-electron chi connectivity index (χ0n) is 40.1. The number of nitrogens with zero attached hydrogens (tertiary/aromatic N) is 1. The van der Waals surface area contributed by atoms with Crippen LogP contribution in [0.4, 0.5) is 21.0 Å². The van der Waals surface area contributed by atoms with E-state index in [1.165, 1.54) is 12.1 Å². The number of carbonyl (C=O) groups excluding carboxylic acids is 4. The van der Waals surface area contributed by atoms with E-state index in [2.05, 4.69) is 47.0 Å². The molecule has 0 saturated carbocycles. The third-order valence-electron chi connectivity index (χ3n) is 11.7. The van der Waals surface area contributed by atoms with Crippen molar-refractivity contribution in [1.82, 2.24) is 10.6 Å². The van der Waals surface area contributed by atoms with Crippen molar-refractivity contribution in [2.45, 2.75) is 89.5 Å². The standard InChI is InChI=1S/C28H28N2O6.C28H30N2O4/c1-28(2,3)36-26(31)25(16-18-12-14-19(15-13-18)30(33)34)29-27(32)35-17-24-22-10-6-4-8-20(22)21-9-5-7-11-23(21)24;1-28(2,3)34-26(31)25(16-18-12-14-19(29)15-13-18)30-27(32)33-17-24-22-10-6-4-8-20(22)21-9-5-7-11-23(21)24/h4-15,24-25H,16-17H2,1-3H3,(H,29,32);4-15,24-25H,16-17,29H2,1-3H3,(H,30,32)/t2*25-/m00/s1. The van der Waals surface area contributed by atoms with Crippen LogP contribution >= 0.6 is 0 Å². The quantitative estimate of drug-likeness (QED) is 0.0327. The summed E-state index contributed by atoms with van der Waals surface area (Å²) in [6.07, 6.45) is -1.04. The number of non-ortho nitro benzene ring substituents is 1. The van der Waals surface area contributed by atoms with Gasteiger partial charge in [0.15, 0.2) is 0 Å². The first-order valence-corrected chi connectivity index (χ1v) is 23.1. The maximum atomic E-state index is 12.9. The Balaban J connectivity index is 0.000000207. The van der Waals surface area contributed by atoms with Crippen molar-refractivity contribution < 1.29 is 43.0 Å². The maximum Gasteiger partial charge on any atom is 0.407 e. The number of hydrogen-bond donors (Lipinski definition) is 3. The van der Waals surface area contributed by atoms with Gasteiger partial charge in [0.25, 0.3) is 5.69 Å². The minimum atomic E-state index is -1.03. The number of carbonyl (C=O) groups is 4. The Kier molecular flexibility index (Phi) is 15.3. The third kappa shape index (κ3) is 12.7. The number of amides is 2. The minimum Gasteiger partial charge on any atom is -0.458 e. The smallest absolute Gasteiger partial charge is 0.407 e. The van der Waals surface area contributed by atoms with Gasteiger partial charge in [0.2, 0.25) is 0 Å². The molecular weight excluding hydrogens is 889 g/mol. The largest absolute Gasteiger partial charge is 0.458 e. The highest BCUT2D eigenvalue weighted by atomic mass is 16.6. The summed E-state index contributed by atoms with van der Waals surface area (Å²) < 4.78 is 22.2. The highest BCUT2D eigenvalue weighted by Crippen LogP contribution is 2.45.